The molecule has 2 aromatic carbocycles. The average molecular weight is 324 g/mol. The van der Waals surface area contributed by atoms with Crippen molar-refractivity contribution in [1.82, 2.24) is 5.43 Å². The van der Waals surface area contributed by atoms with Crippen molar-refractivity contribution >= 4 is 23.2 Å². The number of nitriles is 1. The van der Waals surface area contributed by atoms with Crippen molar-refractivity contribution < 1.29 is 14.0 Å². The van der Waals surface area contributed by atoms with Crippen molar-refractivity contribution in [3.05, 3.63) is 65.5 Å². The highest BCUT2D eigenvalue weighted by Gasteiger charge is 2.13. The second-order valence-corrected chi connectivity index (χ2v) is 4.79. The highest BCUT2D eigenvalue weighted by atomic mass is 19.1. The van der Waals surface area contributed by atoms with E-state index in [1.54, 1.807) is 6.92 Å². The molecule has 0 aromatic heterocycles. The lowest BCUT2D eigenvalue weighted by Crippen LogP contribution is -2.32. The molecule has 6 nitrogen and oxygen atoms in total. The second-order valence-electron chi connectivity index (χ2n) is 4.79. The summed E-state index contributed by atoms with van der Waals surface area (Å²) < 4.78 is 12.8. The molecule has 0 aliphatic rings. The van der Waals surface area contributed by atoms with E-state index in [2.05, 4.69) is 15.8 Å². The van der Waals surface area contributed by atoms with E-state index in [-0.39, 0.29) is 5.82 Å². The number of anilines is 1. The number of benzene rings is 2. The number of rotatable bonds is 3. The predicted octanol–water partition coefficient (Wildman–Crippen LogP) is 2.18. The number of hydrogen-bond donors (Lipinski definition) is 2. The van der Waals surface area contributed by atoms with Crippen LogP contribution in [-0.4, -0.2) is 17.5 Å². The standard InChI is InChI=1S/C17H13FN4O2/c1-11(13-4-6-14(18)7-5-13)21-22-17(24)16(23)20-15-8-2-12(10-19)3-9-15/h2-9H,1H3,(H,20,23)(H,22,24). The molecule has 0 aliphatic carbocycles. The van der Waals surface area contributed by atoms with Crippen LogP contribution in [0.3, 0.4) is 0 Å². The van der Waals surface area contributed by atoms with E-state index in [4.69, 9.17) is 5.26 Å². The van der Waals surface area contributed by atoms with Crippen LogP contribution in [-0.2, 0) is 9.59 Å². The number of amides is 2. The number of hydrogen-bond acceptors (Lipinski definition) is 4. The van der Waals surface area contributed by atoms with E-state index in [0.717, 1.165) is 0 Å². The summed E-state index contributed by atoms with van der Waals surface area (Å²) in [5, 5.41) is 14.9. The van der Waals surface area contributed by atoms with Gasteiger partial charge >= 0.3 is 11.8 Å². The molecular formula is C17H13FN4O2. The third-order valence-electron chi connectivity index (χ3n) is 3.07. The van der Waals surface area contributed by atoms with Crippen LogP contribution < -0.4 is 10.7 Å². The minimum atomic E-state index is -0.944. The molecule has 0 bridgehead atoms. The van der Waals surface area contributed by atoms with Gasteiger partial charge in [-0.25, -0.2) is 9.82 Å². The maximum atomic E-state index is 12.8. The van der Waals surface area contributed by atoms with E-state index >= 15 is 0 Å². The van der Waals surface area contributed by atoms with E-state index in [1.807, 2.05) is 6.07 Å². The Labute approximate surface area is 137 Å². The van der Waals surface area contributed by atoms with Crippen molar-refractivity contribution in [2.45, 2.75) is 6.92 Å². The van der Waals surface area contributed by atoms with Crippen LogP contribution in [0.4, 0.5) is 10.1 Å². The Bertz CT molecular complexity index is 821. The molecule has 0 heterocycles. The van der Waals surface area contributed by atoms with Gasteiger partial charge in [0, 0.05) is 5.69 Å². The zero-order valence-electron chi connectivity index (χ0n) is 12.7. The fourth-order valence-electron chi connectivity index (χ4n) is 1.76. The summed E-state index contributed by atoms with van der Waals surface area (Å²) in [4.78, 5) is 23.5. The first-order chi connectivity index (χ1) is 11.5. The Hall–Kier alpha value is -3.53. The number of halogens is 1. The topological polar surface area (TPSA) is 94.3 Å². The number of nitrogens with one attached hydrogen (secondary N) is 2. The zero-order chi connectivity index (χ0) is 17.5. The minimum absolute atomic E-state index is 0.377. The molecular weight excluding hydrogens is 311 g/mol. The van der Waals surface area contributed by atoms with Crippen LogP contribution in [0.2, 0.25) is 0 Å². The monoisotopic (exact) mass is 324 g/mol. The summed E-state index contributed by atoms with van der Waals surface area (Å²) in [5.74, 6) is -2.21. The lowest BCUT2D eigenvalue weighted by atomic mass is 10.1. The number of carbonyl (C=O) groups excluding carboxylic acids is 2. The van der Waals surface area contributed by atoms with Crippen LogP contribution in [0.15, 0.2) is 53.6 Å². The predicted molar refractivity (Wildman–Crippen MR) is 86.5 cm³/mol. The van der Waals surface area contributed by atoms with Crippen molar-refractivity contribution in [3.63, 3.8) is 0 Å². The molecule has 0 unspecified atom stereocenters. The first kappa shape index (κ1) is 16.8. The van der Waals surface area contributed by atoms with Gasteiger partial charge in [-0.15, -0.1) is 0 Å². The molecule has 2 N–H and O–H groups in total. The van der Waals surface area contributed by atoms with Gasteiger partial charge in [0.2, 0.25) is 0 Å². The molecule has 2 rings (SSSR count). The van der Waals surface area contributed by atoms with E-state index in [9.17, 15) is 14.0 Å². The second kappa shape index (κ2) is 7.65. The molecule has 0 atom stereocenters. The number of hydrazone groups is 1. The zero-order valence-corrected chi connectivity index (χ0v) is 12.7. The van der Waals surface area contributed by atoms with Gasteiger partial charge in [-0.2, -0.15) is 10.4 Å². The Balaban J connectivity index is 1.95. The maximum absolute atomic E-state index is 12.8. The number of carbonyl (C=O) groups is 2. The highest BCUT2D eigenvalue weighted by Crippen LogP contribution is 2.08. The molecule has 2 amide bonds. The van der Waals surface area contributed by atoms with Gasteiger partial charge in [0.25, 0.3) is 0 Å². The fraction of sp³-hybridized carbons (Fsp3) is 0.0588. The summed E-state index contributed by atoms with van der Waals surface area (Å²) >= 11 is 0. The Morgan fingerprint density at radius 3 is 2.25 bits per heavy atom. The molecule has 0 saturated heterocycles. The van der Waals surface area contributed by atoms with E-state index in [0.29, 0.717) is 22.5 Å². The summed E-state index contributed by atoms with van der Waals surface area (Å²) in [5.41, 5.74) is 3.99. The summed E-state index contributed by atoms with van der Waals surface area (Å²) in [7, 11) is 0. The smallest absolute Gasteiger partial charge is 0.318 e. The van der Waals surface area contributed by atoms with Crippen LogP contribution in [0, 0.1) is 17.1 Å². The lowest BCUT2D eigenvalue weighted by molar-refractivity contribution is -0.136. The van der Waals surface area contributed by atoms with Gasteiger partial charge in [-0.1, -0.05) is 12.1 Å². The maximum Gasteiger partial charge on any atom is 0.329 e. The largest absolute Gasteiger partial charge is 0.329 e. The molecule has 0 spiro atoms. The number of nitrogens with zero attached hydrogens (tertiary/aromatic N) is 2. The van der Waals surface area contributed by atoms with E-state index in [1.165, 1.54) is 48.5 Å². The van der Waals surface area contributed by atoms with Gasteiger partial charge in [-0.05, 0) is 48.9 Å². The van der Waals surface area contributed by atoms with Crippen LogP contribution in [0.25, 0.3) is 0 Å². The molecule has 120 valence electrons. The summed E-state index contributed by atoms with van der Waals surface area (Å²) in [6.45, 7) is 1.62. The molecule has 0 saturated carbocycles. The van der Waals surface area contributed by atoms with Crippen molar-refractivity contribution in [1.29, 1.82) is 5.26 Å². The van der Waals surface area contributed by atoms with Gasteiger partial charge in [0.1, 0.15) is 5.82 Å². The van der Waals surface area contributed by atoms with Crippen molar-refractivity contribution in [3.8, 4) is 6.07 Å². The lowest BCUT2D eigenvalue weighted by Gasteiger charge is -2.05. The normalized spacial score (nSPS) is 10.6. The Kier molecular flexibility index (Phi) is 5.36. The molecule has 0 radical (unpaired) electrons. The molecule has 0 fully saturated rings. The molecule has 0 aliphatic heterocycles. The SMILES string of the molecule is CC(=NNC(=O)C(=O)Nc1ccc(C#N)cc1)c1ccc(F)cc1. The summed E-state index contributed by atoms with van der Waals surface area (Å²) in [6, 6.07) is 13.6. The molecule has 7 heteroatoms. The summed E-state index contributed by atoms with van der Waals surface area (Å²) in [6.07, 6.45) is 0. The van der Waals surface area contributed by atoms with Gasteiger partial charge in [0.05, 0.1) is 17.3 Å². The molecule has 24 heavy (non-hydrogen) atoms. The van der Waals surface area contributed by atoms with Crippen LogP contribution >= 0.6 is 0 Å². The Morgan fingerprint density at radius 1 is 1.04 bits per heavy atom. The third-order valence-corrected chi connectivity index (χ3v) is 3.07. The minimum Gasteiger partial charge on any atom is -0.318 e. The first-order valence-corrected chi connectivity index (χ1v) is 6.91. The highest BCUT2D eigenvalue weighted by molar-refractivity contribution is 6.39. The molecule has 2 aromatic rings. The van der Waals surface area contributed by atoms with Crippen molar-refractivity contribution in [2.24, 2.45) is 5.10 Å². The fourth-order valence-corrected chi connectivity index (χ4v) is 1.76. The average Bonchev–Trinajstić information content (AvgIpc) is 2.60. The van der Waals surface area contributed by atoms with Gasteiger partial charge in [0.15, 0.2) is 0 Å². The quantitative estimate of drug-likeness (QED) is 0.515. The van der Waals surface area contributed by atoms with Crippen LogP contribution in [0.5, 0.6) is 0 Å². The van der Waals surface area contributed by atoms with Crippen LogP contribution in [0.1, 0.15) is 18.1 Å². The van der Waals surface area contributed by atoms with Gasteiger partial charge in [-0.3, -0.25) is 9.59 Å². The van der Waals surface area contributed by atoms with Gasteiger partial charge < -0.3 is 5.32 Å². The van der Waals surface area contributed by atoms with E-state index < -0.39 is 11.8 Å². The first-order valence-electron chi connectivity index (χ1n) is 6.91. The van der Waals surface area contributed by atoms with Crippen molar-refractivity contribution in [2.75, 3.05) is 5.32 Å². The Morgan fingerprint density at radius 2 is 1.67 bits per heavy atom. The third kappa shape index (κ3) is 4.48.